The van der Waals surface area contributed by atoms with Crippen LogP contribution in [0.5, 0.6) is 0 Å². The van der Waals surface area contributed by atoms with Crippen LogP contribution < -0.4 is 5.32 Å². The van der Waals surface area contributed by atoms with Gasteiger partial charge in [-0.3, -0.25) is 4.79 Å². The standard InChI is InChI=1S/C12H9BrF2N2O/c13-7-4-9(15)10(5-8(7)14)17-11(18)12(6-16)2-1-3-12/h4-5H,1-3H2,(H,17,18). The molecule has 0 unspecified atom stereocenters. The molecule has 1 amide bonds. The van der Waals surface area contributed by atoms with Crippen molar-refractivity contribution in [2.24, 2.45) is 5.41 Å². The van der Waals surface area contributed by atoms with Crippen LogP contribution in [0.1, 0.15) is 19.3 Å². The highest BCUT2D eigenvalue weighted by molar-refractivity contribution is 9.10. The van der Waals surface area contributed by atoms with Crippen LogP contribution in [0.15, 0.2) is 16.6 Å². The number of nitrogens with zero attached hydrogens (tertiary/aromatic N) is 1. The number of hydrogen-bond acceptors (Lipinski definition) is 2. The van der Waals surface area contributed by atoms with Gasteiger partial charge in [0.05, 0.1) is 16.2 Å². The smallest absolute Gasteiger partial charge is 0.244 e. The molecule has 1 saturated carbocycles. The third-order valence-corrected chi connectivity index (χ3v) is 3.72. The normalized spacial score (nSPS) is 16.6. The van der Waals surface area contributed by atoms with Crippen LogP contribution in [-0.4, -0.2) is 5.91 Å². The minimum Gasteiger partial charge on any atom is -0.322 e. The van der Waals surface area contributed by atoms with Gasteiger partial charge in [-0.15, -0.1) is 0 Å². The van der Waals surface area contributed by atoms with E-state index in [9.17, 15) is 13.6 Å². The summed E-state index contributed by atoms with van der Waals surface area (Å²) in [7, 11) is 0. The van der Waals surface area contributed by atoms with E-state index in [0.29, 0.717) is 12.8 Å². The second-order valence-electron chi connectivity index (χ2n) is 4.25. The molecular formula is C12H9BrF2N2O. The number of carbonyl (C=O) groups excluding carboxylic acids is 1. The topological polar surface area (TPSA) is 52.9 Å². The Morgan fingerprint density at radius 3 is 2.56 bits per heavy atom. The first kappa shape index (κ1) is 13.0. The van der Waals surface area contributed by atoms with E-state index in [4.69, 9.17) is 5.26 Å². The fourth-order valence-electron chi connectivity index (χ4n) is 1.78. The molecular weight excluding hydrogens is 306 g/mol. The fraction of sp³-hybridized carbons (Fsp3) is 0.333. The minimum atomic E-state index is -1.09. The van der Waals surface area contributed by atoms with Crippen molar-refractivity contribution in [3.05, 3.63) is 28.2 Å². The summed E-state index contributed by atoms with van der Waals surface area (Å²) in [6.45, 7) is 0. The van der Waals surface area contributed by atoms with Crippen molar-refractivity contribution in [2.75, 3.05) is 5.32 Å². The molecule has 1 aromatic rings. The highest BCUT2D eigenvalue weighted by atomic mass is 79.9. The summed E-state index contributed by atoms with van der Waals surface area (Å²) in [5.41, 5.74) is -1.34. The third kappa shape index (κ3) is 2.10. The average molecular weight is 315 g/mol. The maximum atomic E-state index is 13.5. The highest BCUT2D eigenvalue weighted by Crippen LogP contribution is 2.41. The van der Waals surface area contributed by atoms with Gasteiger partial charge in [0.2, 0.25) is 5.91 Å². The van der Waals surface area contributed by atoms with Gasteiger partial charge in [-0.2, -0.15) is 5.26 Å². The number of anilines is 1. The molecule has 0 aromatic heterocycles. The molecule has 0 saturated heterocycles. The fourth-order valence-corrected chi connectivity index (χ4v) is 2.10. The van der Waals surface area contributed by atoms with Gasteiger partial charge in [-0.1, -0.05) is 0 Å². The molecule has 0 atom stereocenters. The molecule has 18 heavy (non-hydrogen) atoms. The van der Waals surface area contributed by atoms with Crippen LogP contribution in [-0.2, 0) is 4.79 Å². The summed E-state index contributed by atoms with van der Waals surface area (Å²) >= 11 is 2.84. The predicted molar refractivity (Wildman–Crippen MR) is 64.6 cm³/mol. The van der Waals surface area contributed by atoms with E-state index in [1.807, 2.05) is 6.07 Å². The second-order valence-corrected chi connectivity index (χ2v) is 5.10. The van der Waals surface area contributed by atoms with E-state index in [1.54, 1.807) is 0 Å². The van der Waals surface area contributed by atoms with Crippen molar-refractivity contribution >= 4 is 27.5 Å². The largest absolute Gasteiger partial charge is 0.322 e. The van der Waals surface area contributed by atoms with Gasteiger partial charge >= 0.3 is 0 Å². The number of nitrogens with one attached hydrogen (secondary N) is 1. The number of halogens is 3. The number of hydrogen-bond donors (Lipinski definition) is 1. The van der Waals surface area contributed by atoms with Gasteiger partial charge < -0.3 is 5.32 Å². The van der Waals surface area contributed by atoms with E-state index < -0.39 is 23.0 Å². The third-order valence-electron chi connectivity index (χ3n) is 3.11. The van der Waals surface area contributed by atoms with Gasteiger partial charge in [0.15, 0.2) is 0 Å². The maximum absolute atomic E-state index is 13.5. The van der Waals surface area contributed by atoms with Crippen LogP contribution in [0.2, 0.25) is 0 Å². The van der Waals surface area contributed by atoms with Crippen LogP contribution in [0, 0.1) is 28.4 Å². The molecule has 1 N–H and O–H groups in total. The van der Waals surface area contributed by atoms with E-state index >= 15 is 0 Å². The predicted octanol–water partition coefficient (Wildman–Crippen LogP) is 3.36. The summed E-state index contributed by atoms with van der Waals surface area (Å²) in [6, 6.07) is 3.77. The lowest BCUT2D eigenvalue weighted by Crippen LogP contribution is -2.40. The second kappa shape index (κ2) is 4.65. The monoisotopic (exact) mass is 314 g/mol. The Bertz CT molecular complexity index is 550. The SMILES string of the molecule is N#CC1(C(=O)Nc2cc(F)c(Br)cc2F)CCC1. The van der Waals surface area contributed by atoms with Crippen molar-refractivity contribution in [3.63, 3.8) is 0 Å². The molecule has 1 aromatic carbocycles. The average Bonchev–Trinajstić information content (AvgIpc) is 2.25. The molecule has 6 heteroatoms. The summed E-state index contributed by atoms with van der Waals surface area (Å²) in [5.74, 6) is -1.99. The van der Waals surface area contributed by atoms with Crippen LogP contribution in [0.4, 0.5) is 14.5 Å². The zero-order valence-corrected chi connectivity index (χ0v) is 10.9. The number of benzene rings is 1. The Labute approximate surface area is 111 Å². The number of amides is 1. The van der Waals surface area contributed by atoms with E-state index in [0.717, 1.165) is 18.6 Å². The summed E-state index contributed by atoms with van der Waals surface area (Å²) < 4.78 is 26.7. The van der Waals surface area contributed by atoms with Crippen LogP contribution in [0.3, 0.4) is 0 Å². The Kier molecular flexibility index (Phi) is 3.35. The Balaban J connectivity index is 2.22. The van der Waals surface area contributed by atoms with Gasteiger partial charge in [0.25, 0.3) is 0 Å². The first-order valence-electron chi connectivity index (χ1n) is 5.36. The molecule has 1 aliphatic carbocycles. The first-order valence-corrected chi connectivity index (χ1v) is 6.15. The lowest BCUT2D eigenvalue weighted by atomic mass is 9.69. The van der Waals surface area contributed by atoms with Gasteiger partial charge in [-0.05, 0) is 41.3 Å². The molecule has 2 rings (SSSR count). The Morgan fingerprint density at radius 1 is 1.39 bits per heavy atom. The maximum Gasteiger partial charge on any atom is 0.244 e. The lowest BCUT2D eigenvalue weighted by molar-refractivity contribution is -0.126. The van der Waals surface area contributed by atoms with Gasteiger partial charge in [-0.25, -0.2) is 8.78 Å². The minimum absolute atomic E-state index is 0.0170. The molecule has 0 heterocycles. The van der Waals surface area contributed by atoms with Crippen molar-refractivity contribution in [3.8, 4) is 6.07 Å². The molecule has 0 aliphatic heterocycles. The molecule has 0 bridgehead atoms. The summed E-state index contributed by atoms with van der Waals surface area (Å²) in [6.07, 6.45) is 1.70. The van der Waals surface area contributed by atoms with Crippen LogP contribution in [0.25, 0.3) is 0 Å². The number of carbonyl (C=O) groups is 1. The number of nitriles is 1. The van der Waals surface area contributed by atoms with E-state index in [-0.39, 0.29) is 10.2 Å². The van der Waals surface area contributed by atoms with E-state index in [1.165, 1.54) is 0 Å². The molecule has 0 spiro atoms. The molecule has 0 radical (unpaired) electrons. The summed E-state index contributed by atoms with van der Waals surface area (Å²) in [4.78, 5) is 11.9. The first-order chi connectivity index (χ1) is 8.48. The van der Waals surface area contributed by atoms with Crippen molar-refractivity contribution in [2.45, 2.75) is 19.3 Å². The lowest BCUT2D eigenvalue weighted by Gasteiger charge is -2.33. The van der Waals surface area contributed by atoms with Gasteiger partial charge in [0, 0.05) is 6.07 Å². The number of rotatable bonds is 2. The van der Waals surface area contributed by atoms with E-state index in [2.05, 4.69) is 21.2 Å². The van der Waals surface area contributed by atoms with Gasteiger partial charge in [0.1, 0.15) is 17.0 Å². The van der Waals surface area contributed by atoms with Crippen LogP contribution >= 0.6 is 15.9 Å². The molecule has 3 nitrogen and oxygen atoms in total. The zero-order valence-electron chi connectivity index (χ0n) is 9.27. The van der Waals surface area contributed by atoms with Crippen molar-refractivity contribution < 1.29 is 13.6 Å². The summed E-state index contributed by atoms with van der Waals surface area (Å²) in [5, 5.41) is 11.2. The van der Waals surface area contributed by atoms with Crippen molar-refractivity contribution in [1.29, 1.82) is 5.26 Å². The highest BCUT2D eigenvalue weighted by Gasteiger charge is 2.44. The zero-order chi connectivity index (χ0) is 13.3. The van der Waals surface area contributed by atoms with Crippen molar-refractivity contribution in [1.82, 2.24) is 0 Å². The molecule has 1 aliphatic rings. The molecule has 94 valence electrons. The molecule has 1 fully saturated rings. The Hall–Kier alpha value is -1.48. The quantitative estimate of drug-likeness (QED) is 0.851. The Morgan fingerprint density at radius 2 is 2.06 bits per heavy atom.